The molecule has 3 rings (SSSR count). The van der Waals surface area contributed by atoms with Gasteiger partial charge >= 0.3 is 12.0 Å². The number of rotatable bonds is 6. The van der Waals surface area contributed by atoms with Gasteiger partial charge in [-0.1, -0.05) is 44.0 Å². The Kier molecular flexibility index (Phi) is 6.43. The third kappa shape index (κ3) is 4.32. The number of benzene rings is 1. The maximum absolute atomic E-state index is 12.9. The van der Waals surface area contributed by atoms with Gasteiger partial charge in [0.15, 0.2) is 6.61 Å². The molecule has 0 unspecified atom stereocenters. The zero-order valence-electron chi connectivity index (χ0n) is 17.8. The molecule has 30 heavy (non-hydrogen) atoms. The number of nitrogens with zero attached hydrogens (tertiary/aromatic N) is 2. The van der Waals surface area contributed by atoms with E-state index in [0.29, 0.717) is 13.0 Å². The average molecular weight is 415 g/mol. The fourth-order valence-electron chi connectivity index (χ4n) is 4.20. The SMILES string of the molecule is Cc1ccccc1CN(C)C(=O)COC(=O)CN1C(=O)N[C@@]2(CCCC[C@@H]2C)C1=O. The average Bonchev–Trinajstić information content (AvgIpc) is 2.95. The maximum atomic E-state index is 12.9. The summed E-state index contributed by atoms with van der Waals surface area (Å²) in [7, 11) is 1.63. The summed E-state index contributed by atoms with van der Waals surface area (Å²) in [6.07, 6.45) is 3.31. The predicted octanol–water partition coefficient (Wildman–Crippen LogP) is 2.00. The Bertz CT molecular complexity index is 855. The summed E-state index contributed by atoms with van der Waals surface area (Å²) in [5.41, 5.74) is 1.16. The highest BCUT2D eigenvalue weighted by Gasteiger charge is 2.55. The largest absolute Gasteiger partial charge is 0.454 e. The third-order valence-electron chi connectivity index (χ3n) is 6.24. The predicted molar refractivity (Wildman–Crippen MR) is 109 cm³/mol. The van der Waals surface area contributed by atoms with Gasteiger partial charge in [0.1, 0.15) is 12.1 Å². The van der Waals surface area contributed by atoms with Crippen molar-refractivity contribution in [2.75, 3.05) is 20.2 Å². The lowest BCUT2D eigenvalue weighted by molar-refractivity contribution is -0.153. The van der Waals surface area contributed by atoms with Crippen molar-refractivity contribution in [2.45, 2.75) is 51.6 Å². The van der Waals surface area contributed by atoms with E-state index in [0.717, 1.165) is 35.3 Å². The number of esters is 1. The zero-order valence-corrected chi connectivity index (χ0v) is 17.8. The standard InChI is InChI=1S/C22H29N3O5/c1-15-8-4-5-10-17(15)12-24(3)18(26)14-30-19(27)13-25-20(28)22(23-21(25)29)11-7-6-9-16(22)2/h4-5,8,10,16H,6-7,9,11-14H2,1-3H3,(H,23,29)/t16-,22+/m0/s1. The van der Waals surface area contributed by atoms with Gasteiger partial charge in [-0.25, -0.2) is 4.79 Å². The Morgan fingerprint density at radius 3 is 2.70 bits per heavy atom. The number of carbonyl (C=O) groups is 4. The first-order chi connectivity index (χ1) is 14.2. The summed E-state index contributed by atoms with van der Waals surface area (Å²) in [6, 6.07) is 7.15. The first-order valence-electron chi connectivity index (χ1n) is 10.3. The molecule has 1 saturated carbocycles. The van der Waals surface area contributed by atoms with Crippen molar-refractivity contribution in [1.82, 2.24) is 15.1 Å². The molecule has 1 spiro atoms. The number of amides is 4. The normalized spacial score (nSPS) is 23.4. The van der Waals surface area contributed by atoms with Gasteiger partial charge in [-0.3, -0.25) is 19.3 Å². The van der Waals surface area contributed by atoms with Crippen LogP contribution in [-0.2, 0) is 25.7 Å². The number of nitrogens with one attached hydrogen (secondary N) is 1. The molecule has 162 valence electrons. The highest BCUT2D eigenvalue weighted by molar-refractivity contribution is 6.09. The molecule has 2 aliphatic rings. The van der Waals surface area contributed by atoms with Gasteiger partial charge in [0.05, 0.1) is 0 Å². The third-order valence-corrected chi connectivity index (χ3v) is 6.24. The Hall–Kier alpha value is -2.90. The molecule has 1 aliphatic carbocycles. The summed E-state index contributed by atoms with van der Waals surface area (Å²) in [5, 5.41) is 2.79. The minimum atomic E-state index is -0.917. The van der Waals surface area contributed by atoms with E-state index < -0.39 is 30.7 Å². The summed E-state index contributed by atoms with van der Waals surface area (Å²) >= 11 is 0. The van der Waals surface area contributed by atoms with Crippen LogP contribution >= 0.6 is 0 Å². The molecule has 2 atom stereocenters. The van der Waals surface area contributed by atoms with Gasteiger partial charge < -0.3 is 15.0 Å². The minimum Gasteiger partial charge on any atom is -0.454 e. The number of hydrogen-bond acceptors (Lipinski definition) is 5. The van der Waals surface area contributed by atoms with Crippen molar-refractivity contribution in [3.63, 3.8) is 0 Å². The van der Waals surface area contributed by atoms with Crippen molar-refractivity contribution in [2.24, 2.45) is 5.92 Å². The number of aryl methyl sites for hydroxylation is 1. The maximum Gasteiger partial charge on any atom is 0.326 e. The number of urea groups is 1. The second-order valence-electron chi connectivity index (χ2n) is 8.28. The number of likely N-dealkylation sites (N-methyl/N-ethyl adjacent to an activating group) is 1. The molecule has 8 heteroatoms. The fourth-order valence-corrected chi connectivity index (χ4v) is 4.20. The molecule has 1 aromatic rings. The molecular weight excluding hydrogens is 386 g/mol. The van der Waals surface area contributed by atoms with Crippen LogP contribution in [0.4, 0.5) is 4.79 Å². The van der Waals surface area contributed by atoms with Gasteiger partial charge in [-0.15, -0.1) is 0 Å². The van der Waals surface area contributed by atoms with Crippen molar-refractivity contribution in [3.05, 3.63) is 35.4 Å². The van der Waals surface area contributed by atoms with Gasteiger partial charge in [0, 0.05) is 13.6 Å². The van der Waals surface area contributed by atoms with Crippen molar-refractivity contribution in [3.8, 4) is 0 Å². The van der Waals surface area contributed by atoms with E-state index in [2.05, 4.69) is 5.32 Å². The highest BCUT2D eigenvalue weighted by atomic mass is 16.5. The van der Waals surface area contributed by atoms with Crippen LogP contribution in [0.3, 0.4) is 0 Å². The van der Waals surface area contributed by atoms with E-state index in [1.807, 2.05) is 38.1 Å². The second-order valence-corrected chi connectivity index (χ2v) is 8.28. The monoisotopic (exact) mass is 415 g/mol. The number of hydrogen-bond donors (Lipinski definition) is 1. The Morgan fingerprint density at radius 2 is 2.00 bits per heavy atom. The van der Waals surface area contributed by atoms with Crippen molar-refractivity contribution < 1.29 is 23.9 Å². The van der Waals surface area contributed by atoms with Crippen LogP contribution in [0, 0.1) is 12.8 Å². The van der Waals surface area contributed by atoms with Crippen molar-refractivity contribution in [1.29, 1.82) is 0 Å². The highest BCUT2D eigenvalue weighted by Crippen LogP contribution is 2.38. The molecular formula is C22H29N3O5. The van der Waals surface area contributed by atoms with E-state index in [9.17, 15) is 19.2 Å². The summed E-state index contributed by atoms with van der Waals surface area (Å²) in [6.45, 7) is 3.38. The Balaban J connectivity index is 1.52. The lowest BCUT2D eigenvalue weighted by Gasteiger charge is -2.36. The molecule has 1 aromatic carbocycles. The first-order valence-corrected chi connectivity index (χ1v) is 10.3. The molecule has 0 bridgehead atoms. The molecule has 1 heterocycles. The van der Waals surface area contributed by atoms with Gasteiger partial charge in [0.2, 0.25) is 0 Å². The number of imide groups is 1. The van der Waals surface area contributed by atoms with E-state index in [4.69, 9.17) is 4.74 Å². The van der Waals surface area contributed by atoms with Gasteiger partial charge in [0.25, 0.3) is 11.8 Å². The van der Waals surface area contributed by atoms with E-state index in [1.54, 1.807) is 7.05 Å². The topological polar surface area (TPSA) is 96.0 Å². The number of ether oxygens (including phenoxy) is 1. The van der Waals surface area contributed by atoms with Crippen LogP contribution < -0.4 is 5.32 Å². The molecule has 4 amide bonds. The van der Waals surface area contributed by atoms with E-state index in [-0.39, 0.29) is 17.7 Å². The van der Waals surface area contributed by atoms with E-state index in [1.165, 1.54) is 4.90 Å². The molecule has 1 N–H and O–H groups in total. The molecule has 8 nitrogen and oxygen atoms in total. The van der Waals surface area contributed by atoms with Crippen LogP contribution in [0.2, 0.25) is 0 Å². The quantitative estimate of drug-likeness (QED) is 0.566. The Morgan fingerprint density at radius 1 is 1.27 bits per heavy atom. The van der Waals surface area contributed by atoms with Gasteiger partial charge in [-0.05, 0) is 36.8 Å². The van der Waals surface area contributed by atoms with E-state index >= 15 is 0 Å². The van der Waals surface area contributed by atoms with Crippen LogP contribution in [0.15, 0.2) is 24.3 Å². The van der Waals surface area contributed by atoms with Crippen LogP contribution in [0.1, 0.15) is 43.7 Å². The zero-order chi connectivity index (χ0) is 21.9. The summed E-state index contributed by atoms with van der Waals surface area (Å²) in [4.78, 5) is 52.1. The lowest BCUT2D eigenvalue weighted by atomic mass is 9.73. The Labute approximate surface area is 176 Å². The summed E-state index contributed by atoms with van der Waals surface area (Å²) < 4.78 is 5.05. The minimum absolute atomic E-state index is 0.0143. The molecule has 1 saturated heterocycles. The van der Waals surface area contributed by atoms with Crippen molar-refractivity contribution >= 4 is 23.8 Å². The smallest absolute Gasteiger partial charge is 0.326 e. The molecule has 0 radical (unpaired) electrons. The molecule has 1 aliphatic heterocycles. The first kappa shape index (κ1) is 21.8. The number of carbonyl (C=O) groups excluding carboxylic acids is 4. The lowest BCUT2D eigenvalue weighted by Crippen LogP contribution is -2.54. The molecule has 2 fully saturated rings. The van der Waals surface area contributed by atoms with Crippen LogP contribution in [0.5, 0.6) is 0 Å². The van der Waals surface area contributed by atoms with Crippen LogP contribution in [-0.4, -0.2) is 59.4 Å². The second kappa shape index (κ2) is 8.85. The fraction of sp³-hybridized carbons (Fsp3) is 0.545. The molecule has 0 aromatic heterocycles. The van der Waals surface area contributed by atoms with Gasteiger partial charge in [-0.2, -0.15) is 0 Å². The summed E-state index contributed by atoms with van der Waals surface area (Å²) in [5.74, 6) is -1.50. The van der Waals surface area contributed by atoms with Crippen LogP contribution in [0.25, 0.3) is 0 Å².